The quantitative estimate of drug-likeness (QED) is 0.487. The van der Waals surface area contributed by atoms with Gasteiger partial charge in [0.25, 0.3) is 0 Å². The standard InChI is InChI=1S/C24H24N4O3/c1-16-22-20(17-9-11-18(12-10-17)27(2)13-14-31-3)15-21(24(29)30)25-23(22)28(26-16)19-7-5-4-6-8-19/h4-12,15H,13-14H2,1-3H3,(H,29,30). The Morgan fingerprint density at radius 3 is 2.48 bits per heavy atom. The van der Waals surface area contributed by atoms with Crippen LogP contribution in [-0.4, -0.2) is 53.1 Å². The lowest BCUT2D eigenvalue weighted by molar-refractivity contribution is 0.0691. The molecule has 4 aromatic rings. The summed E-state index contributed by atoms with van der Waals surface area (Å²) in [6.07, 6.45) is 0. The van der Waals surface area contributed by atoms with Crippen LogP contribution in [0.2, 0.25) is 0 Å². The Kier molecular flexibility index (Phi) is 5.68. The van der Waals surface area contributed by atoms with E-state index in [0.29, 0.717) is 12.3 Å². The van der Waals surface area contributed by atoms with Crippen LogP contribution in [0.25, 0.3) is 27.8 Å². The highest BCUT2D eigenvalue weighted by Crippen LogP contribution is 2.33. The van der Waals surface area contributed by atoms with Gasteiger partial charge in [0, 0.05) is 26.4 Å². The number of carboxylic acid groups (broad SMARTS) is 1. The predicted octanol–water partition coefficient (Wildman–Crippen LogP) is 4.18. The summed E-state index contributed by atoms with van der Waals surface area (Å²) in [5.41, 5.74) is 4.90. The molecule has 0 atom stereocenters. The number of benzene rings is 2. The van der Waals surface area contributed by atoms with E-state index < -0.39 is 5.97 Å². The number of fused-ring (bicyclic) bond motifs is 1. The second-order valence-electron chi connectivity index (χ2n) is 7.35. The predicted molar refractivity (Wildman–Crippen MR) is 121 cm³/mol. The molecule has 2 aromatic carbocycles. The van der Waals surface area contributed by atoms with Crippen molar-refractivity contribution in [2.24, 2.45) is 0 Å². The lowest BCUT2D eigenvalue weighted by Crippen LogP contribution is -2.21. The molecule has 0 saturated carbocycles. The lowest BCUT2D eigenvalue weighted by Gasteiger charge is -2.19. The van der Waals surface area contributed by atoms with Gasteiger partial charge in [0.15, 0.2) is 11.3 Å². The smallest absolute Gasteiger partial charge is 0.354 e. The maximum absolute atomic E-state index is 11.8. The van der Waals surface area contributed by atoms with Crippen LogP contribution in [0.5, 0.6) is 0 Å². The molecule has 7 heteroatoms. The van der Waals surface area contributed by atoms with E-state index in [0.717, 1.165) is 40.1 Å². The lowest BCUT2D eigenvalue weighted by atomic mass is 10.0. The summed E-state index contributed by atoms with van der Waals surface area (Å²) < 4.78 is 6.85. The number of para-hydroxylation sites is 1. The molecular formula is C24H24N4O3. The summed E-state index contributed by atoms with van der Waals surface area (Å²) >= 11 is 0. The fraction of sp³-hybridized carbons (Fsp3) is 0.208. The number of rotatable bonds is 7. The number of hydrogen-bond donors (Lipinski definition) is 1. The molecule has 2 heterocycles. The Labute approximate surface area is 180 Å². The average molecular weight is 416 g/mol. The van der Waals surface area contributed by atoms with Crippen LogP contribution >= 0.6 is 0 Å². The molecule has 0 fully saturated rings. The number of aromatic nitrogens is 3. The SMILES string of the molecule is COCCN(C)c1ccc(-c2cc(C(=O)O)nc3c2c(C)nn3-c2ccccc2)cc1. The normalized spacial score (nSPS) is 11.1. The van der Waals surface area contributed by atoms with Crippen LogP contribution in [0.4, 0.5) is 5.69 Å². The van der Waals surface area contributed by atoms with Crippen LogP contribution in [0.3, 0.4) is 0 Å². The van der Waals surface area contributed by atoms with Gasteiger partial charge in [-0.25, -0.2) is 14.5 Å². The van der Waals surface area contributed by atoms with Crippen molar-refractivity contribution in [3.05, 3.63) is 72.1 Å². The van der Waals surface area contributed by atoms with Crippen molar-refractivity contribution >= 4 is 22.7 Å². The number of ether oxygens (including phenoxy) is 1. The number of likely N-dealkylation sites (N-methyl/N-ethyl adjacent to an activating group) is 1. The highest BCUT2D eigenvalue weighted by molar-refractivity contribution is 6.00. The third-order valence-electron chi connectivity index (χ3n) is 5.28. The van der Waals surface area contributed by atoms with Gasteiger partial charge in [-0.1, -0.05) is 30.3 Å². The van der Waals surface area contributed by atoms with Gasteiger partial charge < -0.3 is 14.7 Å². The van der Waals surface area contributed by atoms with E-state index >= 15 is 0 Å². The molecule has 7 nitrogen and oxygen atoms in total. The average Bonchev–Trinajstić information content (AvgIpc) is 3.14. The first-order chi connectivity index (χ1) is 15.0. The third kappa shape index (κ3) is 4.00. The third-order valence-corrected chi connectivity index (χ3v) is 5.28. The molecule has 0 amide bonds. The van der Waals surface area contributed by atoms with E-state index in [9.17, 15) is 9.90 Å². The fourth-order valence-corrected chi connectivity index (χ4v) is 3.63. The number of hydrogen-bond acceptors (Lipinski definition) is 5. The number of carboxylic acids is 1. The molecule has 31 heavy (non-hydrogen) atoms. The molecule has 158 valence electrons. The zero-order valence-electron chi connectivity index (χ0n) is 17.7. The summed E-state index contributed by atoms with van der Waals surface area (Å²) in [4.78, 5) is 18.3. The summed E-state index contributed by atoms with van der Waals surface area (Å²) in [5.74, 6) is -1.07. The van der Waals surface area contributed by atoms with Crippen molar-refractivity contribution in [3.8, 4) is 16.8 Å². The summed E-state index contributed by atoms with van der Waals surface area (Å²) in [7, 11) is 3.69. The molecule has 0 radical (unpaired) electrons. The van der Waals surface area contributed by atoms with E-state index in [4.69, 9.17) is 4.74 Å². The molecule has 4 rings (SSSR count). The Balaban J connectivity index is 1.86. The molecule has 1 N–H and O–H groups in total. The first-order valence-corrected chi connectivity index (χ1v) is 9.99. The van der Waals surface area contributed by atoms with Gasteiger partial charge in [-0.3, -0.25) is 0 Å². The summed E-state index contributed by atoms with van der Waals surface area (Å²) in [6.45, 7) is 3.34. The molecule has 0 aliphatic heterocycles. The van der Waals surface area contributed by atoms with Crippen molar-refractivity contribution < 1.29 is 14.6 Å². The maximum atomic E-state index is 11.8. The molecule has 2 aromatic heterocycles. The number of nitrogens with zero attached hydrogens (tertiary/aromatic N) is 4. The number of carbonyl (C=O) groups is 1. The van der Waals surface area contributed by atoms with Gasteiger partial charge in [0.05, 0.1) is 23.4 Å². The second-order valence-corrected chi connectivity index (χ2v) is 7.35. The maximum Gasteiger partial charge on any atom is 0.354 e. The van der Waals surface area contributed by atoms with Crippen LogP contribution in [0, 0.1) is 6.92 Å². The topological polar surface area (TPSA) is 80.5 Å². The number of methoxy groups -OCH3 is 1. The van der Waals surface area contributed by atoms with E-state index in [1.165, 1.54) is 0 Å². The van der Waals surface area contributed by atoms with Crippen molar-refractivity contribution in [1.29, 1.82) is 0 Å². The molecule has 0 saturated heterocycles. The van der Waals surface area contributed by atoms with E-state index in [2.05, 4.69) is 15.0 Å². The van der Waals surface area contributed by atoms with Gasteiger partial charge in [0.1, 0.15) is 0 Å². The molecule has 0 unspecified atom stereocenters. The van der Waals surface area contributed by atoms with Crippen LogP contribution in [0.1, 0.15) is 16.2 Å². The second kappa shape index (κ2) is 8.57. The van der Waals surface area contributed by atoms with Gasteiger partial charge in [-0.15, -0.1) is 0 Å². The molecule has 0 spiro atoms. The number of anilines is 1. The highest BCUT2D eigenvalue weighted by atomic mass is 16.5. The monoisotopic (exact) mass is 416 g/mol. The van der Waals surface area contributed by atoms with Crippen LogP contribution in [0.15, 0.2) is 60.7 Å². The van der Waals surface area contributed by atoms with Gasteiger partial charge in [-0.2, -0.15) is 5.10 Å². The number of aryl methyl sites for hydroxylation is 1. The van der Waals surface area contributed by atoms with Gasteiger partial charge in [-0.05, 0) is 48.4 Å². The Morgan fingerprint density at radius 1 is 1.13 bits per heavy atom. The zero-order valence-corrected chi connectivity index (χ0v) is 17.7. The first kappa shape index (κ1) is 20.6. The van der Waals surface area contributed by atoms with Gasteiger partial charge in [0.2, 0.25) is 0 Å². The van der Waals surface area contributed by atoms with E-state index in [1.807, 2.05) is 68.6 Å². The number of pyridine rings is 1. The minimum Gasteiger partial charge on any atom is -0.477 e. The van der Waals surface area contributed by atoms with Gasteiger partial charge >= 0.3 is 5.97 Å². The molecular weight excluding hydrogens is 392 g/mol. The Bertz CT molecular complexity index is 1220. The Hall–Kier alpha value is -3.71. The van der Waals surface area contributed by atoms with Crippen molar-refractivity contribution in [2.45, 2.75) is 6.92 Å². The van der Waals surface area contributed by atoms with Crippen molar-refractivity contribution in [3.63, 3.8) is 0 Å². The zero-order chi connectivity index (χ0) is 22.0. The largest absolute Gasteiger partial charge is 0.477 e. The van der Waals surface area contributed by atoms with E-state index in [1.54, 1.807) is 17.9 Å². The Morgan fingerprint density at radius 2 is 1.84 bits per heavy atom. The first-order valence-electron chi connectivity index (χ1n) is 9.99. The molecule has 0 bridgehead atoms. The van der Waals surface area contributed by atoms with Crippen molar-refractivity contribution in [2.75, 3.05) is 32.2 Å². The van der Waals surface area contributed by atoms with Crippen LogP contribution in [-0.2, 0) is 4.74 Å². The fourth-order valence-electron chi connectivity index (χ4n) is 3.63. The van der Waals surface area contributed by atoms with E-state index in [-0.39, 0.29) is 5.69 Å². The minimum absolute atomic E-state index is 0.0131. The minimum atomic E-state index is -1.07. The summed E-state index contributed by atoms with van der Waals surface area (Å²) in [5, 5.41) is 15.2. The van der Waals surface area contributed by atoms with Crippen molar-refractivity contribution in [1.82, 2.24) is 14.8 Å². The van der Waals surface area contributed by atoms with Crippen LogP contribution < -0.4 is 4.90 Å². The molecule has 0 aliphatic rings. The highest BCUT2D eigenvalue weighted by Gasteiger charge is 2.19. The summed E-state index contributed by atoms with van der Waals surface area (Å²) in [6, 6.07) is 19.3. The molecule has 0 aliphatic carbocycles. The number of aromatic carboxylic acids is 1.